The number of carbonyl (C=O) groups is 1. The zero-order valence-corrected chi connectivity index (χ0v) is 9.74. The normalized spacial score (nSPS) is 14.5. The van der Waals surface area contributed by atoms with Crippen LogP contribution >= 0.6 is 23.2 Å². The van der Waals surface area contributed by atoms with E-state index in [1.807, 2.05) is 0 Å². The van der Waals surface area contributed by atoms with Crippen molar-refractivity contribution in [3.63, 3.8) is 0 Å². The number of carbonyl (C=O) groups excluding carboxylic acids is 1. The van der Waals surface area contributed by atoms with Gasteiger partial charge in [0, 0.05) is 10.0 Å². The second-order valence-corrected chi connectivity index (χ2v) is 4.26. The van der Waals surface area contributed by atoms with E-state index in [1.54, 1.807) is 0 Å². The molecular weight excluding hydrogens is 253 g/mol. The molecule has 4 N–H and O–H groups in total. The molecule has 1 rings (SSSR count). The van der Waals surface area contributed by atoms with Crippen LogP contribution in [0, 0.1) is 0 Å². The minimum absolute atomic E-state index is 0.328. The predicted octanol–water partition coefficient (Wildman–Crippen LogP) is 1.26. The molecule has 4 nitrogen and oxygen atoms in total. The second-order valence-electron chi connectivity index (χ2n) is 3.39. The van der Waals surface area contributed by atoms with Crippen LogP contribution in [0.5, 0.6) is 0 Å². The van der Waals surface area contributed by atoms with Crippen LogP contribution < -0.4 is 5.73 Å². The fourth-order valence-electron chi connectivity index (χ4n) is 1.29. The van der Waals surface area contributed by atoms with Crippen molar-refractivity contribution in [3.05, 3.63) is 33.8 Å². The monoisotopic (exact) mass is 263 g/mol. The lowest BCUT2D eigenvalue weighted by atomic mass is 10.0. The van der Waals surface area contributed by atoms with Gasteiger partial charge in [0.25, 0.3) is 0 Å². The molecule has 88 valence electrons. The van der Waals surface area contributed by atoms with Gasteiger partial charge >= 0.3 is 0 Å². The first-order chi connectivity index (χ1) is 7.40. The van der Waals surface area contributed by atoms with Gasteiger partial charge in [-0.3, -0.25) is 4.79 Å². The first kappa shape index (κ1) is 13.3. The number of halogens is 2. The minimum Gasteiger partial charge on any atom is -0.390 e. The molecule has 16 heavy (non-hydrogen) atoms. The van der Waals surface area contributed by atoms with E-state index in [1.165, 1.54) is 18.2 Å². The molecule has 0 saturated heterocycles. The van der Waals surface area contributed by atoms with E-state index in [0.717, 1.165) is 0 Å². The molecule has 1 aromatic carbocycles. The number of benzene rings is 1. The third-order valence-corrected chi connectivity index (χ3v) is 2.44. The molecule has 0 spiro atoms. The largest absolute Gasteiger partial charge is 0.390 e. The lowest BCUT2D eigenvalue weighted by Crippen LogP contribution is -2.25. The van der Waals surface area contributed by atoms with E-state index in [-0.39, 0.29) is 6.42 Å². The zero-order valence-electron chi connectivity index (χ0n) is 8.23. The molecule has 1 amide bonds. The van der Waals surface area contributed by atoms with Crippen LogP contribution in [0.1, 0.15) is 18.1 Å². The SMILES string of the molecule is NC(=O)CC(O)C(O)c1cc(Cl)cc(Cl)c1. The average molecular weight is 264 g/mol. The maximum atomic E-state index is 10.6. The van der Waals surface area contributed by atoms with E-state index < -0.39 is 18.1 Å². The fourth-order valence-corrected chi connectivity index (χ4v) is 1.83. The summed E-state index contributed by atoms with van der Waals surface area (Å²) in [6, 6.07) is 4.42. The van der Waals surface area contributed by atoms with Gasteiger partial charge < -0.3 is 15.9 Å². The van der Waals surface area contributed by atoms with Crippen molar-refractivity contribution < 1.29 is 15.0 Å². The number of hydrogen-bond donors (Lipinski definition) is 3. The Morgan fingerprint density at radius 2 is 1.75 bits per heavy atom. The second kappa shape index (κ2) is 5.50. The van der Waals surface area contributed by atoms with Crippen LogP contribution in [0.15, 0.2) is 18.2 Å². The standard InChI is InChI=1S/C10H11Cl2NO3/c11-6-1-5(2-7(12)3-6)10(16)8(14)4-9(13)15/h1-3,8,10,14,16H,4H2,(H2,13,15). The lowest BCUT2D eigenvalue weighted by molar-refractivity contribution is -0.121. The fraction of sp³-hybridized carbons (Fsp3) is 0.300. The highest BCUT2D eigenvalue weighted by atomic mass is 35.5. The van der Waals surface area contributed by atoms with E-state index in [9.17, 15) is 15.0 Å². The van der Waals surface area contributed by atoms with Crippen LogP contribution in [0.25, 0.3) is 0 Å². The van der Waals surface area contributed by atoms with Crippen molar-refractivity contribution in [2.24, 2.45) is 5.73 Å². The molecule has 1 aromatic rings. The lowest BCUT2D eigenvalue weighted by Gasteiger charge is -2.17. The molecule has 6 heteroatoms. The van der Waals surface area contributed by atoms with Gasteiger partial charge in [0.05, 0.1) is 12.5 Å². The molecule has 0 heterocycles. The third-order valence-electron chi connectivity index (χ3n) is 2.00. The molecule has 0 aliphatic carbocycles. The van der Waals surface area contributed by atoms with Crippen molar-refractivity contribution in [1.82, 2.24) is 0 Å². The smallest absolute Gasteiger partial charge is 0.220 e. The van der Waals surface area contributed by atoms with Gasteiger partial charge in [-0.2, -0.15) is 0 Å². The van der Waals surface area contributed by atoms with Gasteiger partial charge in [0.1, 0.15) is 6.10 Å². The summed E-state index contributed by atoms with van der Waals surface area (Å²) in [4.78, 5) is 10.6. The molecule has 0 saturated carbocycles. The molecule has 0 aliphatic rings. The first-order valence-corrected chi connectivity index (χ1v) is 5.26. The van der Waals surface area contributed by atoms with Crippen LogP contribution in [-0.4, -0.2) is 22.2 Å². The summed E-state index contributed by atoms with van der Waals surface area (Å²) in [6.07, 6.45) is -2.85. The summed E-state index contributed by atoms with van der Waals surface area (Å²) in [5.41, 5.74) is 5.25. The summed E-state index contributed by atoms with van der Waals surface area (Å²) < 4.78 is 0. The van der Waals surface area contributed by atoms with Crippen LogP contribution in [0.2, 0.25) is 10.0 Å². The first-order valence-electron chi connectivity index (χ1n) is 4.50. The minimum atomic E-state index is -1.27. The van der Waals surface area contributed by atoms with Crippen molar-refractivity contribution in [3.8, 4) is 0 Å². The van der Waals surface area contributed by atoms with Crippen LogP contribution in [-0.2, 0) is 4.79 Å². The van der Waals surface area contributed by atoms with Gasteiger partial charge in [-0.15, -0.1) is 0 Å². The number of aliphatic hydroxyl groups excluding tert-OH is 2. The highest BCUT2D eigenvalue weighted by molar-refractivity contribution is 6.34. The Bertz CT molecular complexity index is 377. The Kier molecular flexibility index (Phi) is 4.56. The molecule has 2 atom stereocenters. The van der Waals surface area contributed by atoms with Gasteiger partial charge in [-0.25, -0.2) is 0 Å². The van der Waals surface area contributed by atoms with E-state index in [0.29, 0.717) is 15.6 Å². The molecule has 0 aromatic heterocycles. The van der Waals surface area contributed by atoms with Gasteiger partial charge in [0.15, 0.2) is 0 Å². The summed E-state index contributed by atoms with van der Waals surface area (Å²) in [5.74, 6) is -0.695. The average Bonchev–Trinajstić information content (AvgIpc) is 2.13. The summed E-state index contributed by atoms with van der Waals surface area (Å²) in [7, 11) is 0. The summed E-state index contributed by atoms with van der Waals surface area (Å²) in [5, 5.41) is 19.9. The maximum absolute atomic E-state index is 10.6. The van der Waals surface area contributed by atoms with Gasteiger partial charge in [-0.05, 0) is 23.8 Å². The van der Waals surface area contributed by atoms with Crippen molar-refractivity contribution in [2.75, 3.05) is 0 Å². The number of aliphatic hydroxyl groups is 2. The Morgan fingerprint density at radius 3 is 2.19 bits per heavy atom. The quantitative estimate of drug-likeness (QED) is 0.765. The Labute approximate surface area is 103 Å². The van der Waals surface area contributed by atoms with Gasteiger partial charge in [-0.1, -0.05) is 23.2 Å². The van der Waals surface area contributed by atoms with Crippen LogP contribution in [0.4, 0.5) is 0 Å². The highest BCUT2D eigenvalue weighted by Gasteiger charge is 2.20. The number of nitrogens with two attached hydrogens (primary N) is 1. The summed E-state index contributed by atoms with van der Waals surface area (Å²) in [6.45, 7) is 0. The number of amides is 1. The van der Waals surface area contributed by atoms with Crippen LogP contribution in [0.3, 0.4) is 0 Å². The topological polar surface area (TPSA) is 83.6 Å². The van der Waals surface area contributed by atoms with E-state index in [2.05, 4.69) is 0 Å². The molecule has 0 fully saturated rings. The molecule has 0 radical (unpaired) electrons. The van der Waals surface area contributed by atoms with E-state index in [4.69, 9.17) is 28.9 Å². The zero-order chi connectivity index (χ0) is 12.3. The molecule has 0 aliphatic heterocycles. The Hall–Kier alpha value is -0.810. The number of hydrogen-bond acceptors (Lipinski definition) is 3. The third kappa shape index (κ3) is 3.64. The predicted molar refractivity (Wildman–Crippen MR) is 61.2 cm³/mol. The molecular formula is C10H11Cl2NO3. The number of primary amides is 1. The Balaban J connectivity index is 2.86. The molecule has 0 bridgehead atoms. The Morgan fingerprint density at radius 1 is 1.25 bits per heavy atom. The molecule has 2 unspecified atom stereocenters. The maximum Gasteiger partial charge on any atom is 0.220 e. The number of rotatable bonds is 4. The van der Waals surface area contributed by atoms with Crippen molar-refractivity contribution in [1.29, 1.82) is 0 Å². The van der Waals surface area contributed by atoms with Gasteiger partial charge in [0.2, 0.25) is 5.91 Å². The van der Waals surface area contributed by atoms with Crippen molar-refractivity contribution in [2.45, 2.75) is 18.6 Å². The van der Waals surface area contributed by atoms with Crippen molar-refractivity contribution >= 4 is 29.1 Å². The van der Waals surface area contributed by atoms with E-state index >= 15 is 0 Å². The summed E-state index contributed by atoms with van der Waals surface area (Å²) >= 11 is 11.5. The highest BCUT2D eigenvalue weighted by Crippen LogP contribution is 2.26.